The third-order valence-corrected chi connectivity index (χ3v) is 1.37. The van der Waals surface area contributed by atoms with Crippen molar-refractivity contribution in [1.29, 1.82) is 0 Å². The van der Waals surface area contributed by atoms with Crippen LogP contribution in [0, 0.1) is 0 Å². The standard InChI is InChI=1S/2C3H6N6.CH2O.H2O3Si/c2*4-1-7-2(5)9-3(6)8-1;1-2;1-4(2)3/h2*(H6,4,5,6,7,8,9);1H2;1-2H. The molecule has 0 radical (unpaired) electrons. The van der Waals surface area contributed by atoms with E-state index in [0.717, 1.165) is 0 Å². The molecular formula is C7H16N12O4Si. The van der Waals surface area contributed by atoms with E-state index in [1.165, 1.54) is 0 Å². The van der Waals surface area contributed by atoms with Crippen LogP contribution in [-0.2, 0) is 9.26 Å². The third kappa shape index (κ3) is 13.1. The fraction of sp³-hybridized carbons (Fsp3) is 0. The lowest BCUT2D eigenvalue weighted by atomic mass is 10.9. The van der Waals surface area contributed by atoms with Crippen LogP contribution in [0.1, 0.15) is 0 Å². The number of rotatable bonds is 0. The molecule has 132 valence electrons. The highest BCUT2D eigenvalue weighted by Crippen LogP contribution is 1.98. The van der Waals surface area contributed by atoms with Crippen molar-refractivity contribution in [2.75, 3.05) is 34.4 Å². The molecule has 2 aromatic heterocycles. The van der Waals surface area contributed by atoms with Gasteiger partial charge in [0.1, 0.15) is 6.79 Å². The van der Waals surface area contributed by atoms with Gasteiger partial charge in [-0.2, -0.15) is 29.9 Å². The molecule has 16 nitrogen and oxygen atoms in total. The number of hydrogen-bond acceptors (Lipinski definition) is 14. The van der Waals surface area contributed by atoms with Gasteiger partial charge >= 0.3 is 9.17 Å². The number of nitrogens with two attached hydrogens (primary N) is 6. The fourth-order valence-electron chi connectivity index (χ4n) is 0.854. The third-order valence-electron chi connectivity index (χ3n) is 1.37. The monoisotopic (exact) mass is 360 g/mol. The Bertz CT molecular complexity index is 503. The van der Waals surface area contributed by atoms with Crippen LogP contribution in [0.3, 0.4) is 0 Å². The molecule has 0 saturated carbocycles. The lowest BCUT2D eigenvalue weighted by Gasteiger charge is -1.93. The quantitative estimate of drug-likeness (QED) is 0.205. The van der Waals surface area contributed by atoms with E-state index in [1.54, 1.807) is 0 Å². The Labute approximate surface area is 135 Å². The van der Waals surface area contributed by atoms with E-state index in [1.807, 2.05) is 6.79 Å². The first kappa shape index (κ1) is 22.4. The fourth-order valence-corrected chi connectivity index (χ4v) is 0.854. The maximum atomic E-state index is 8.74. The van der Waals surface area contributed by atoms with Crippen LogP contribution < -0.4 is 34.4 Å². The van der Waals surface area contributed by atoms with E-state index in [2.05, 4.69) is 29.9 Å². The summed E-state index contributed by atoms with van der Waals surface area (Å²) in [5.74, 6) is 0.250. The van der Waals surface area contributed by atoms with E-state index in [9.17, 15) is 0 Å². The second-order valence-corrected chi connectivity index (χ2v) is 3.67. The van der Waals surface area contributed by atoms with Crippen molar-refractivity contribution in [3.05, 3.63) is 0 Å². The van der Waals surface area contributed by atoms with Gasteiger partial charge in [-0.05, 0) is 0 Å². The minimum atomic E-state index is -3.13. The van der Waals surface area contributed by atoms with Crippen molar-refractivity contribution < 1.29 is 18.8 Å². The molecule has 0 bridgehead atoms. The van der Waals surface area contributed by atoms with Gasteiger partial charge in [0.25, 0.3) is 0 Å². The van der Waals surface area contributed by atoms with Crippen LogP contribution in [-0.4, -0.2) is 55.5 Å². The van der Waals surface area contributed by atoms with Crippen LogP contribution in [0.4, 0.5) is 35.7 Å². The Kier molecular flexibility index (Phi) is 10.9. The maximum absolute atomic E-state index is 8.74. The van der Waals surface area contributed by atoms with Gasteiger partial charge in [0.15, 0.2) is 0 Å². The molecule has 0 unspecified atom stereocenters. The Balaban J connectivity index is 0. The van der Waals surface area contributed by atoms with Crippen LogP contribution in [0.25, 0.3) is 0 Å². The van der Waals surface area contributed by atoms with E-state index in [0.29, 0.717) is 0 Å². The van der Waals surface area contributed by atoms with Gasteiger partial charge in [0, 0.05) is 0 Å². The minimum Gasteiger partial charge on any atom is -0.511 e. The second kappa shape index (κ2) is 11.7. The first-order valence-corrected chi connectivity index (χ1v) is 6.66. The largest absolute Gasteiger partial charge is 0.761 e. The molecule has 0 aromatic carbocycles. The van der Waals surface area contributed by atoms with Crippen LogP contribution in [0.15, 0.2) is 0 Å². The average molecular weight is 360 g/mol. The number of nitrogens with zero attached hydrogens (tertiary/aromatic N) is 6. The lowest BCUT2D eigenvalue weighted by Crippen LogP contribution is -2.05. The number of hydrogen-bond donors (Lipinski definition) is 8. The Morgan fingerprint density at radius 3 is 0.750 bits per heavy atom. The number of carbonyl (C=O) groups excluding carboxylic acids is 1. The van der Waals surface area contributed by atoms with Crippen molar-refractivity contribution in [2.45, 2.75) is 0 Å². The van der Waals surface area contributed by atoms with Gasteiger partial charge in [-0.25, -0.2) is 0 Å². The van der Waals surface area contributed by atoms with Crippen LogP contribution in [0.5, 0.6) is 0 Å². The molecule has 0 fully saturated rings. The van der Waals surface area contributed by atoms with E-state index < -0.39 is 9.17 Å². The van der Waals surface area contributed by atoms with Gasteiger partial charge in [0.2, 0.25) is 35.7 Å². The number of carbonyl (C=O) groups is 1. The molecule has 2 heterocycles. The zero-order valence-electron chi connectivity index (χ0n) is 12.1. The Hall–Kier alpha value is -3.89. The van der Waals surface area contributed by atoms with Crippen molar-refractivity contribution in [3.8, 4) is 0 Å². The molecule has 0 aliphatic rings. The van der Waals surface area contributed by atoms with Gasteiger partial charge in [-0.3, -0.25) is 4.46 Å². The highest BCUT2D eigenvalue weighted by Gasteiger charge is 1.94. The molecule has 0 atom stereocenters. The molecule has 0 aliphatic carbocycles. The molecule has 0 spiro atoms. The molecule has 0 amide bonds. The summed E-state index contributed by atoms with van der Waals surface area (Å²) in [6, 6.07) is 0. The molecule has 17 heteroatoms. The van der Waals surface area contributed by atoms with E-state index >= 15 is 0 Å². The van der Waals surface area contributed by atoms with Crippen LogP contribution >= 0.6 is 0 Å². The van der Waals surface area contributed by atoms with Gasteiger partial charge in [-0.1, -0.05) is 0 Å². The van der Waals surface area contributed by atoms with Crippen LogP contribution in [0.2, 0.25) is 0 Å². The number of nitrogen functional groups attached to an aromatic ring is 6. The summed E-state index contributed by atoms with van der Waals surface area (Å²) in [6.45, 7) is 2.00. The van der Waals surface area contributed by atoms with Gasteiger partial charge in [-0.15, -0.1) is 0 Å². The molecule has 0 saturated heterocycles. The summed E-state index contributed by atoms with van der Waals surface area (Å²) >= 11 is 0. The molecular weight excluding hydrogens is 344 g/mol. The Morgan fingerprint density at radius 2 is 0.667 bits per heavy atom. The molecule has 2 rings (SSSR count). The zero-order chi connectivity index (χ0) is 19.3. The van der Waals surface area contributed by atoms with Crippen molar-refractivity contribution in [1.82, 2.24) is 29.9 Å². The number of aromatic nitrogens is 6. The predicted octanol–water partition coefficient (Wildman–Crippen LogP) is -4.56. The summed E-state index contributed by atoms with van der Waals surface area (Å²) in [5.41, 5.74) is 30.8. The van der Waals surface area contributed by atoms with Crippen molar-refractivity contribution >= 4 is 51.6 Å². The summed E-state index contributed by atoms with van der Waals surface area (Å²) in [7, 11) is -3.13. The predicted molar refractivity (Wildman–Crippen MR) is 84.1 cm³/mol. The molecule has 0 aliphatic heterocycles. The lowest BCUT2D eigenvalue weighted by molar-refractivity contribution is -0.0980. The van der Waals surface area contributed by atoms with Crippen molar-refractivity contribution in [3.63, 3.8) is 0 Å². The second-order valence-electron chi connectivity index (χ2n) is 3.10. The highest BCUT2D eigenvalue weighted by atomic mass is 28.3. The minimum absolute atomic E-state index is 0.0417. The smallest absolute Gasteiger partial charge is 0.511 e. The normalized spacial score (nSPS) is 8.17. The summed E-state index contributed by atoms with van der Waals surface area (Å²) in [6.07, 6.45) is 0. The zero-order valence-corrected chi connectivity index (χ0v) is 13.1. The summed E-state index contributed by atoms with van der Waals surface area (Å²) < 4.78 is 8.74. The summed E-state index contributed by atoms with van der Waals surface area (Å²) in [5, 5.41) is 0. The average Bonchev–Trinajstić information content (AvgIpc) is 2.37. The topological polar surface area (TPSA) is 308 Å². The highest BCUT2D eigenvalue weighted by molar-refractivity contribution is 6.22. The van der Waals surface area contributed by atoms with Crippen molar-refractivity contribution in [2.24, 2.45) is 0 Å². The van der Waals surface area contributed by atoms with Gasteiger partial charge < -0.3 is 48.8 Å². The molecule has 14 N–H and O–H groups in total. The SMILES string of the molecule is C=O.Nc1nc(N)nc(N)n1.Nc1nc(N)nc(N)n1.O=[Si](O)O. The van der Waals surface area contributed by atoms with E-state index in [-0.39, 0.29) is 35.7 Å². The first-order valence-electron chi connectivity index (χ1n) is 5.36. The first-order chi connectivity index (χ1) is 11.1. The Morgan fingerprint density at radius 1 is 0.583 bits per heavy atom. The summed E-state index contributed by atoms with van der Waals surface area (Å²) in [4.78, 5) is 43.2. The van der Waals surface area contributed by atoms with Gasteiger partial charge in [0.05, 0.1) is 0 Å². The molecule has 2 aromatic rings. The van der Waals surface area contributed by atoms with E-state index in [4.69, 9.17) is 53.2 Å². The maximum Gasteiger partial charge on any atom is 0.761 e. The molecule has 24 heavy (non-hydrogen) atoms. The number of anilines is 6.